The number of fused-ring (bicyclic) bond motifs is 4. The molecule has 0 spiro atoms. The van der Waals surface area contributed by atoms with Crippen molar-refractivity contribution >= 4 is 76.6 Å². The number of piperazine rings is 2. The van der Waals surface area contributed by atoms with Crippen molar-refractivity contribution in [1.29, 1.82) is 0 Å². The van der Waals surface area contributed by atoms with E-state index in [0.717, 1.165) is 49.6 Å². The number of phosphoric ester groups is 1. The number of rotatable bonds is 22. The summed E-state index contributed by atoms with van der Waals surface area (Å²) < 4.78 is 19.6. The Labute approximate surface area is 596 Å². The van der Waals surface area contributed by atoms with Crippen molar-refractivity contribution in [2.45, 2.75) is 89.9 Å². The van der Waals surface area contributed by atoms with E-state index in [9.17, 15) is 52.9 Å². The Bertz CT molecular complexity index is 4430. The van der Waals surface area contributed by atoms with E-state index in [2.05, 4.69) is 17.7 Å². The van der Waals surface area contributed by atoms with Crippen molar-refractivity contribution in [3.8, 4) is 11.5 Å². The fourth-order valence-electron chi connectivity index (χ4n) is 14.1. The van der Waals surface area contributed by atoms with Gasteiger partial charge in [0.1, 0.15) is 35.9 Å². The first-order valence-electron chi connectivity index (χ1n) is 32.4. The number of hydrogen-bond acceptors (Lipinski definition) is 14. The predicted octanol–water partition coefficient (Wildman–Crippen LogP) is 4.28. The van der Waals surface area contributed by atoms with Gasteiger partial charge in [-0.1, -0.05) is 133 Å². The fraction of sp³-hybridized carbons (Fsp3) is 0.297. The van der Waals surface area contributed by atoms with Crippen molar-refractivity contribution in [2.24, 2.45) is 14.1 Å². The first-order valence-corrected chi connectivity index (χ1v) is 33.9. The van der Waals surface area contributed by atoms with Gasteiger partial charge in [0.15, 0.2) is 11.6 Å². The average Bonchev–Trinajstić information content (AvgIpc) is 1.42. The van der Waals surface area contributed by atoms with Crippen molar-refractivity contribution in [3.05, 3.63) is 228 Å². The van der Waals surface area contributed by atoms with Gasteiger partial charge in [0, 0.05) is 100 Å². The first kappa shape index (κ1) is 72.5. The molecule has 6 heterocycles. The molecule has 6 aromatic carbocycles. The third-order valence-electron chi connectivity index (χ3n) is 18.4. The van der Waals surface area contributed by atoms with Crippen LogP contribution in [0.2, 0.25) is 0 Å². The molecule has 99 heavy (non-hydrogen) atoms. The van der Waals surface area contributed by atoms with Gasteiger partial charge in [-0.2, -0.15) is 0 Å². The van der Waals surface area contributed by atoms with Crippen molar-refractivity contribution < 1.29 is 91.9 Å². The zero-order valence-corrected chi connectivity index (χ0v) is 59.0. The Kier molecular flexibility index (Phi) is 22.9. The number of phenolic OH excluding ortho intramolecular Hbond substituents is 1. The number of aromatic nitrogens is 2. The molecule has 0 saturated carbocycles. The number of benzene rings is 6. The molecule has 25 heteroatoms. The van der Waals surface area contributed by atoms with Crippen molar-refractivity contribution in [3.63, 3.8) is 0 Å². The summed E-state index contributed by atoms with van der Waals surface area (Å²) in [5.41, 5.74) is 7.88. The third kappa shape index (κ3) is 16.1. The number of carbonyl (C=O) groups is 8. The van der Waals surface area contributed by atoms with Gasteiger partial charge in [0.25, 0.3) is 0 Å². The second-order valence-electron chi connectivity index (χ2n) is 25.1. The minimum Gasteiger partial charge on any atom is -0.746 e. The maximum absolute atomic E-state index is 14.5. The van der Waals surface area contributed by atoms with Crippen LogP contribution in [0.1, 0.15) is 80.8 Å². The minimum atomic E-state index is -5.03. The van der Waals surface area contributed by atoms with Gasteiger partial charge < -0.3 is 48.2 Å². The number of hydrogen-bond donors (Lipinski definition) is 2. The fourth-order valence-corrected chi connectivity index (χ4v) is 14.4. The zero-order chi connectivity index (χ0) is 69.7. The van der Waals surface area contributed by atoms with Crippen LogP contribution in [-0.2, 0) is 86.2 Å². The smallest absolute Gasteiger partial charge is 0.746 e. The second kappa shape index (κ2) is 31.3. The summed E-state index contributed by atoms with van der Waals surface area (Å²) in [6, 6.07) is 41.3. The molecule has 0 aliphatic carbocycles. The molecule has 6 amide bonds. The molecule has 0 radical (unpaired) electrons. The minimum absolute atomic E-state index is 0. The molecule has 2 N–H and O–H groups in total. The van der Waals surface area contributed by atoms with E-state index in [1.165, 1.54) is 30.9 Å². The quantitative estimate of drug-likeness (QED) is 0.0415. The van der Waals surface area contributed by atoms with E-state index >= 15 is 0 Å². The van der Waals surface area contributed by atoms with Gasteiger partial charge in [-0.25, -0.2) is 20.0 Å². The number of aryl methyl sites for hydroxylation is 4. The molecule has 4 aliphatic rings. The predicted molar refractivity (Wildman–Crippen MR) is 365 cm³/mol. The summed E-state index contributed by atoms with van der Waals surface area (Å²) in [6.45, 7) is 11.6. The standard InChI is InChI=1S/C37H40N5O8P.C37H39N5O5.Na/c1-4-19-40-24-35(45)41-32(20-27-13-16-29(17-14-27)50-51(47,48)49)37(46)39(21-28-11-8-12-30-31(25(2)43)22-38(3)36(28)30)23-33(41)42(40)34(44)18-15-26-9-6-5-7-10-26;1-4-19-40-24-35(46)41-32(20-27-13-16-29(44)17-14-27)37(47)39(21-28-11-8-12-30-31(25(2)43)22-38(3)36(28)30)23-33(41)42(40)34(45)18-15-26-9-6-5-7-10-26;/h4-14,16-17,22,32-33H,1,15,18-21,23-24H2,2-3H3,(H2,47,48,49);4-14,16-17,22,32-33,44H,1,15,18-21,23-24H2,2-3H3;/q;;+1/p-1/t2*32-,33-;/m00./s1. The van der Waals surface area contributed by atoms with E-state index in [-0.39, 0.29) is 160 Å². The number of para-hydroxylation sites is 2. The average molecular weight is 1370 g/mol. The first-order chi connectivity index (χ1) is 47.0. The molecule has 1 unspecified atom stereocenters. The van der Waals surface area contributed by atoms with Crippen LogP contribution in [0.15, 0.2) is 183 Å². The van der Waals surface area contributed by atoms with E-state index < -0.39 is 32.2 Å². The van der Waals surface area contributed by atoms with Crippen LogP contribution < -0.4 is 39.0 Å². The van der Waals surface area contributed by atoms with Gasteiger partial charge in [0.05, 0.1) is 37.2 Å². The Balaban J connectivity index is 0.000000213. The molecule has 508 valence electrons. The van der Waals surface area contributed by atoms with Crippen LogP contribution in [0, 0.1) is 0 Å². The third-order valence-corrected chi connectivity index (χ3v) is 18.8. The SMILES string of the molecule is C=CCN1CC(=O)N2[C@@H](Cc3ccc(O)cc3)C(=O)N(Cc3cccc4c(C(C)=O)cn(C)c34)C[C@@H]2N1C(=O)CCc1ccccc1.C=CCN1CC(=O)N2[C@@H](Cc3ccc(OP(=O)([O-])O)cc3)C(=O)N(Cc3cccc4c(C(C)=O)cn(C)c34)C[C@@H]2N1C(=O)CCc1ccccc1.[Na+]. The molecule has 2 aromatic heterocycles. The summed E-state index contributed by atoms with van der Waals surface area (Å²) in [5.74, 6) is -1.60. The molecule has 4 aliphatic heterocycles. The summed E-state index contributed by atoms with van der Waals surface area (Å²) in [4.78, 5) is 137. The molecular weight excluding hydrogens is 1290 g/mol. The summed E-state index contributed by atoms with van der Waals surface area (Å²) >= 11 is 0. The Morgan fingerprint density at radius 2 is 0.960 bits per heavy atom. The van der Waals surface area contributed by atoms with Crippen molar-refractivity contribution in [2.75, 3.05) is 39.3 Å². The van der Waals surface area contributed by atoms with Gasteiger partial charge in [-0.15, -0.1) is 13.2 Å². The van der Waals surface area contributed by atoms with E-state index in [1.807, 2.05) is 126 Å². The van der Waals surface area contributed by atoms with Crippen LogP contribution in [0.3, 0.4) is 0 Å². The zero-order valence-electron chi connectivity index (χ0n) is 56.1. The molecule has 12 rings (SSSR count). The molecule has 4 saturated heterocycles. The molecular formula is C74H78N10NaO13P. The van der Waals surface area contributed by atoms with E-state index in [1.54, 1.807) is 89.5 Å². The number of Topliss-reactive ketones (excluding diaryl/α,β-unsaturated/α-hetero) is 2. The molecule has 8 aromatic rings. The normalized spacial score (nSPS) is 18.6. The number of nitrogens with zero attached hydrogens (tertiary/aromatic N) is 10. The van der Waals surface area contributed by atoms with Gasteiger partial charge in [-0.05, 0) is 84.3 Å². The molecule has 23 nitrogen and oxygen atoms in total. The molecule has 4 fully saturated rings. The molecule has 0 bridgehead atoms. The van der Waals surface area contributed by atoms with Crippen LogP contribution in [0.5, 0.6) is 11.5 Å². The monoisotopic (exact) mass is 1370 g/mol. The summed E-state index contributed by atoms with van der Waals surface area (Å²) in [5, 5.41) is 18.1. The number of ketones is 2. The second-order valence-corrected chi connectivity index (χ2v) is 26.2. The number of amides is 6. The van der Waals surface area contributed by atoms with Crippen LogP contribution in [0.4, 0.5) is 0 Å². The van der Waals surface area contributed by atoms with Gasteiger partial charge >= 0.3 is 37.4 Å². The maximum Gasteiger partial charge on any atom is 1.00 e. The number of phenols is 1. The Morgan fingerprint density at radius 1 is 0.566 bits per heavy atom. The maximum atomic E-state index is 14.5. The number of carbonyl (C=O) groups excluding carboxylic acids is 8. The largest absolute Gasteiger partial charge is 1.00 e. The summed E-state index contributed by atoms with van der Waals surface area (Å²) in [6.07, 6.45) is 7.00. The summed E-state index contributed by atoms with van der Waals surface area (Å²) in [7, 11) is -1.30. The number of phosphoric acid groups is 1. The van der Waals surface area contributed by atoms with Gasteiger partial charge in [0.2, 0.25) is 35.4 Å². The number of aromatic hydroxyl groups is 1. The van der Waals surface area contributed by atoms with Crippen molar-refractivity contribution in [1.82, 2.24) is 48.8 Å². The van der Waals surface area contributed by atoms with E-state index in [4.69, 9.17) is 4.89 Å². The topological polar surface area (TPSA) is 262 Å². The van der Waals surface area contributed by atoms with Crippen LogP contribution >= 0.6 is 7.82 Å². The Morgan fingerprint density at radius 3 is 1.33 bits per heavy atom. The number of hydrazine groups is 2. The molecule has 5 atom stereocenters. The van der Waals surface area contributed by atoms with Gasteiger partial charge in [-0.3, -0.25) is 42.9 Å². The van der Waals surface area contributed by atoms with Crippen LogP contribution in [0.25, 0.3) is 21.8 Å². The van der Waals surface area contributed by atoms with E-state index in [0.29, 0.717) is 36.1 Å². The van der Waals surface area contributed by atoms with Crippen LogP contribution in [-0.4, -0.2) is 169 Å². The Hall–Kier alpha value is -9.29.